The van der Waals surface area contributed by atoms with Crippen LogP contribution < -0.4 is 16.0 Å². The molecule has 0 aliphatic rings. The predicted octanol–water partition coefficient (Wildman–Crippen LogP) is 12.6. The summed E-state index contributed by atoms with van der Waals surface area (Å²) in [6.07, 6.45) is 4.73. The highest BCUT2D eigenvalue weighted by molar-refractivity contribution is 5.99. The van der Waals surface area contributed by atoms with E-state index in [-0.39, 0.29) is 17.7 Å². The first-order chi connectivity index (χ1) is 30.6. The van der Waals surface area contributed by atoms with Gasteiger partial charge in [0.1, 0.15) is 0 Å². The van der Waals surface area contributed by atoms with E-state index in [1.54, 1.807) is 20.2 Å². The van der Waals surface area contributed by atoms with Gasteiger partial charge in [-0.15, -0.1) is 0 Å². The van der Waals surface area contributed by atoms with E-state index in [9.17, 15) is 9.59 Å². The minimum Gasteiger partial charge on any atom is -0.359 e. The Morgan fingerprint density at radius 3 is 1.51 bits per heavy atom. The Hall–Kier alpha value is -6.70. The molecule has 7 nitrogen and oxygen atoms in total. The Kier molecular flexibility index (Phi) is 21.9. The SMILES string of the molecule is C=CC(=C)/C(=C\C(=O)NC)c1ccccc1.CC.CC.CNC(=O)CC(c1ccccc1)c1ccc2[nH]c(C)cc2c1.CNCCC(c1ccccc1)c1ccc2[nH]c(C)cc2c1. The second kappa shape index (κ2) is 27.3. The number of hydrogen-bond acceptors (Lipinski definition) is 3. The minimum absolute atomic E-state index is 0.0548. The summed E-state index contributed by atoms with van der Waals surface area (Å²) in [5.41, 5.74) is 12.3. The van der Waals surface area contributed by atoms with Crippen molar-refractivity contribution >= 4 is 39.2 Å². The maximum atomic E-state index is 11.9. The second-order valence-corrected chi connectivity index (χ2v) is 14.6. The van der Waals surface area contributed by atoms with Crippen molar-refractivity contribution in [2.24, 2.45) is 0 Å². The molecule has 0 spiro atoms. The van der Waals surface area contributed by atoms with Crippen LogP contribution in [0, 0.1) is 13.8 Å². The normalized spacial score (nSPS) is 11.4. The van der Waals surface area contributed by atoms with Gasteiger partial charge in [0.15, 0.2) is 0 Å². The summed E-state index contributed by atoms with van der Waals surface area (Å²) < 4.78 is 0. The lowest BCUT2D eigenvalue weighted by Crippen LogP contribution is -2.21. The molecule has 2 heterocycles. The van der Waals surface area contributed by atoms with Crippen molar-refractivity contribution in [2.75, 3.05) is 27.7 Å². The predicted molar refractivity (Wildman–Crippen MR) is 270 cm³/mol. The molecule has 2 unspecified atom stereocenters. The Morgan fingerprint density at radius 2 is 1.06 bits per heavy atom. The van der Waals surface area contributed by atoms with Gasteiger partial charge in [-0.3, -0.25) is 9.59 Å². The lowest BCUT2D eigenvalue weighted by atomic mass is 9.88. The highest BCUT2D eigenvalue weighted by Gasteiger charge is 2.18. The zero-order chi connectivity index (χ0) is 46.1. The van der Waals surface area contributed by atoms with Crippen molar-refractivity contribution in [3.05, 3.63) is 210 Å². The van der Waals surface area contributed by atoms with Gasteiger partial charge in [-0.25, -0.2) is 0 Å². The fraction of sp³-hybridized carbons (Fsp3) is 0.250. The van der Waals surface area contributed by atoms with E-state index in [1.165, 1.54) is 44.7 Å². The van der Waals surface area contributed by atoms with Gasteiger partial charge in [-0.1, -0.05) is 150 Å². The molecule has 0 bridgehead atoms. The number of benzene rings is 5. The Bertz CT molecular complexity index is 2480. The molecule has 0 aliphatic heterocycles. The average molecular weight is 844 g/mol. The molecule has 5 N–H and O–H groups in total. The van der Waals surface area contributed by atoms with Gasteiger partial charge in [-0.05, 0) is 120 Å². The lowest BCUT2D eigenvalue weighted by molar-refractivity contribution is -0.120. The average Bonchev–Trinajstić information content (AvgIpc) is 3.91. The van der Waals surface area contributed by atoms with Crippen LogP contribution in [-0.4, -0.2) is 49.5 Å². The van der Waals surface area contributed by atoms with Crippen LogP contribution in [0.4, 0.5) is 0 Å². The highest BCUT2D eigenvalue weighted by atomic mass is 16.2. The molecule has 0 aliphatic carbocycles. The second-order valence-electron chi connectivity index (χ2n) is 14.6. The third kappa shape index (κ3) is 15.3. The molecular weight excluding hydrogens is 775 g/mol. The Morgan fingerprint density at radius 1 is 0.603 bits per heavy atom. The molecule has 7 aromatic rings. The van der Waals surface area contributed by atoms with E-state index >= 15 is 0 Å². The van der Waals surface area contributed by atoms with Gasteiger partial charge in [0, 0.05) is 60.8 Å². The molecule has 0 fully saturated rings. The van der Waals surface area contributed by atoms with E-state index in [0.29, 0.717) is 12.3 Å². The molecule has 7 rings (SSSR count). The first-order valence-corrected chi connectivity index (χ1v) is 22.1. The minimum atomic E-state index is -0.151. The number of fused-ring (bicyclic) bond motifs is 2. The van der Waals surface area contributed by atoms with Crippen LogP contribution in [0.2, 0.25) is 0 Å². The standard InChI is InChI=1S/C19H20N2O.C19H22N2.C14H15NO.2C2H6/c1-13-10-16-11-15(8-9-18(16)21-13)17(12-19(22)20-2)14-6-4-3-5-7-14;1-14-12-17-13-16(8-9-19(17)21-14)18(10-11-20-2)15-6-4-3-5-7-15;1-4-11(2)13(10-14(16)15-3)12-8-6-5-7-9-12;2*1-2/h3-11,17,21H,12H2,1-2H3,(H,20,22);3-9,12-13,18,20-21H,10-11H2,1-2H3;4-10H,1-2H2,3H3,(H,15,16);2*1-2H3/b;;13-10+;;. The summed E-state index contributed by atoms with van der Waals surface area (Å²) in [6, 6.07) is 48.2. The monoisotopic (exact) mass is 844 g/mol. The molecule has 63 heavy (non-hydrogen) atoms. The van der Waals surface area contributed by atoms with Crippen LogP contribution in [0.1, 0.15) is 91.6 Å². The number of carbonyl (C=O) groups excluding carboxylic acids is 2. The van der Waals surface area contributed by atoms with Crippen LogP contribution in [0.5, 0.6) is 0 Å². The highest BCUT2D eigenvalue weighted by Crippen LogP contribution is 2.32. The lowest BCUT2D eigenvalue weighted by Gasteiger charge is -2.18. The largest absolute Gasteiger partial charge is 0.359 e. The van der Waals surface area contributed by atoms with E-state index in [4.69, 9.17) is 0 Å². The van der Waals surface area contributed by atoms with Gasteiger partial charge in [0.25, 0.3) is 0 Å². The number of aromatic amines is 2. The van der Waals surface area contributed by atoms with Crippen LogP contribution in [0.15, 0.2) is 170 Å². The topological polar surface area (TPSA) is 102 Å². The van der Waals surface area contributed by atoms with Crippen molar-refractivity contribution < 1.29 is 9.59 Å². The number of rotatable bonds is 13. The van der Waals surface area contributed by atoms with Gasteiger partial charge >= 0.3 is 0 Å². The summed E-state index contributed by atoms with van der Waals surface area (Å²) in [4.78, 5) is 30.0. The zero-order valence-corrected chi connectivity index (χ0v) is 38.9. The van der Waals surface area contributed by atoms with Gasteiger partial charge in [-0.2, -0.15) is 0 Å². The number of likely N-dealkylation sites (N-methyl/N-ethyl adjacent to an activating group) is 1. The number of aromatic nitrogens is 2. The third-order valence-electron chi connectivity index (χ3n) is 10.3. The number of hydrogen-bond donors (Lipinski definition) is 5. The molecule has 5 aromatic carbocycles. The molecule has 330 valence electrons. The number of amides is 2. The summed E-state index contributed by atoms with van der Waals surface area (Å²) in [5, 5.41) is 11.0. The van der Waals surface area contributed by atoms with Crippen LogP contribution in [-0.2, 0) is 9.59 Å². The van der Waals surface area contributed by atoms with E-state index in [2.05, 4.69) is 144 Å². The fourth-order valence-electron chi connectivity index (χ4n) is 7.22. The molecule has 2 aromatic heterocycles. The van der Waals surface area contributed by atoms with Crippen molar-refractivity contribution in [3.63, 3.8) is 0 Å². The third-order valence-corrected chi connectivity index (χ3v) is 10.3. The molecular formula is C56H69N5O2. The molecule has 0 radical (unpaired) electrons. The van der Waals surface area contributed by atoms with Gasteiger partial charge in [0.2, 0.25) is 11.8 Å². The van der Waals surface area contributed by atoms with E-state index in [0.717, 1.165) is 46.4 Å². The van der Waals surface area contributed by atoms with E-state index in [1.807, 2.05) is 83.3 Å². The van der Waals surface area contributed by atoms with Crippen molar-refractivity contribution in [1.82, 2.24) is 25.9 Å². The summed E-state index contributed by atoms with van der Waals surface area (Å²) in [5.74, 6) is 0.417. The number of nitrogens with one attached hydrogen (secondary N) is 5. The maximum Gasteiger partial charge on any atom is 0.244 e. The molecule has 7 heteroatoms. The number of aryl methyl sites for hydroxylation is 2. The van der Waals surface area contributed by atoms with Crippen LogP contribution >= 0.6 is 0 Å². The van der Waals surface area contributed by atoms with E-state index < -0.39 is 0 Å². The summed E-state index contributed by atoms with van der Waals surface area (Å²) in [7, 11) is 5.29. The first-order valence-electron chi connectivity index (χ1n) is 22.1. The quantitative estimate of drug-likeness (QED) is 0.0590. The molecule has 0 saturated carbocycles. The maximum absolute atomic E-state index is 11.9. The van der Waals surface area contributed by atoms with Crippen LogP contribution in [0.25, 0.3) is 27.4 Å². The number of carbonyl (C=O) groups is 2. The molecule has 0 saturated heterocycles. The van der Waals surface area contributed by atoms with Crippen LogP contribution in [0.3, 0.4) is 0 Å². The summed E-state index contributed by atoms with van der Waals surface area (Å²) in [6.45, 7) is 20.7. The molecule has 2 amide bonds. The van der Waals surface area contributed by atoms with Crippen molar-refractivity contribution in [2.45, 2.75) is 66.2 Å². The Labute approximate surface area is 376 Å². The fourth-order valence-corrected chi connectivity index (χ4v) is 7.22. The smallest absolute Gasteiger partial charge is 0.244 e. The van der Waals surface area contributed by atoms with Crippen molar-refractivity contribution in [1.29, 1.82) is 0 Å². The Balaban J connectivity index is 0.000000245. The van der Waals surface area contributed by atoms with Gasteiger partial charge in [0.05, 0.1) is 0 Å². The number of allylic oxidation sites excluding steroid dienone is 3. The number of H-pyrrole nitrogens is 2. The van der Waals surface area contributed by atoms with Gasteiger partial charge < -0.3 is 25.9 Å². The first kappa shape index (κ1) is 50.7. The summed E-state index contributed by atoms with van der Waals surface area (Å²) >= 11 is 0. The zero-order valence-electron chi connectivity index (χ0n) is 38.9. The molecule has 2 atom stereocenters. The van der Waals surface area contributed by atoms with Crippen molar-refractivity contribution in [3.8, 4) is 0 Å².